The van der Waals surface area contributed by atoms with Crippen molar-refractivity contribution >= 4 is 23.1 Å². The van der Waals surface area contributed by atoms with Gasteiger partial charge in [-0.2, -0.15) is 0 Å². The van der Waals surface area contributed by atoms with E-state index in [-0.39, 0.29) is 17.5 Å². The largest absolute Gasteiger partial charge is 0.497 e. The molecule has 0 bridgehead atoms. The fourth-order valence-electron chi connectivity index (χ4n) is 3.36. The van der Waals surface area contributed by atoms with Crippen LogP contribution in [0, 0.1) is 13.8 Å². The molecule has 2 aromatic carbocycles. The van der Waals surface area contributed by atoms with E-state index >= 15 is 0 Å². The van der Waals surface area contributed by atoms with Crippen LogP contribution in [0.5, 0.6) is 11.5 Å². The molecule has 0 aliphatic carbocycles. The van der Waals surface area contributed by atoms with Crippen LogP contribution in [-0.2, 0) is 9.59 Å². The molecule has 0 spiro atoms. The van der Waals surface area contributed by atoms with Crippen molar-refractivity contribution in [3.8, 4) is 11.5 Å². The molecule has 2 aromatic rings. The molecule has 0 fully saturated rings. The second-order valence-corrected chi connectivity index (χ2v) is 6.61. The molecule has 146 valence electrons. The number of ether oxygens (including phenoxy) is 2. The van der Waals surface area contributed by atoms with Gasteiger partial charge in [0, 0.05) is 12.6 Å². The first-order chi connectivity index (χ1) is 13.4. The molecule has 1 aliphatic heterocycles. The first kappa shape index (κ1) is 19.5. The summed E-state index contributed by atoms with van der Waals surface area (Å²) in [6.07, 6.45) is 0. The Morgan fingerprint density at radius 3 is 2.32 bits per heavy atom. The molecule has 0 radical (unpaired) electrons. The van der Waals surface area contributed by atoms with Gasteiger partial charge in [0.05, 0.1) is 25.5 Å². The number of aryl methyl sites for hydroxylation is 2. The normalized spacial score (nSPS) is 14.0. The quantitative estimate of drug-likeness (QED) is 0.777. The van der Waals surface area contributed by atoms with Crippen LogP contribution in [-0.4, -0.2) is 37.5 Å². The van der Waals surface area contributed by atoms with Crippen molar-refractivity contribution < 1.29 is 19.1 Å². The van der Waals surface area contributed by atoms with Crippen LogP contribution < -0.4 is 14.8 Å². The highest BCUT2D eigenvalue weighted by atomic mass is 16.5. The van der Waals surface area contributed by atoms with E-state index in [9.17, 15) is 9.59 Å². The fourth-order valence-corrected chi connectivity index (χ4v) is 3.36. The van der Waals surface area contributed by atoms with E-state index in [4.69, 9.17) is 9.47 Å². The SMILES string of the molecule is CCN1C(=O)C(Nc2ccc(OC)cc2OC)=C(c2ccc(C)cc2C)C1=O. The number of methoxy groups -OCH3 is 2. The van der Waals surface area contributed by atoms with E-state index in [2.05, 4.69) is 5.32 Å². The number of nitrogens with zero attached hydrogens (tertiary/aromatic N) is 1. The third-order valence-electron chi connectivity index (χ3n) is 4.80. The number of likely N-dealkylation sites (N-methyl/N-ethyl adjacent to an activating group) is 1. The highest BCUT2D eigenvalue weighted by Crippen LogP contribution is 2.35. The zero-order valence-electron chi connectivity index (χ0n) is 16.8. The average Bonchev–Trinajstić information content (AvgIpc) is 2.91. The van der Waals surface area contributed by atoms with Gasteiger partial charge in [-0.3, -0.25) is 14.5 Å². The van der Waals surface area contributed by atoms with Gasteiger partial charge in [0.15, 0.2) is 0 Å². The number of anilines is 1. The Kier molecular flexibility index (Phi) is 5.40. The van der Waals surface area contributed by atoms with E-state index in [1.807, 2.05) is 32.0 Å². The van der Waals surface area contributed by atoms with Crippen LogP contribution in [0.4, 0.5) is 5.69 Å². The lowest BCUT2D eigenvalue weighted by molar-refractivity contribution is -0.136. The van der Waals surface area contributed by atoms with Crippen molar-refractivity contribution in [1.82, 2.24) is 4.90 Å². The number of benzene rings is 2. The second-order valence-electron chi connectivity index (χ2n) is 6.61. The molecule has 6 nitrogen and oxygen atoms in total. The van der Waals surface area contributed by atoms with Gasteiger partial charge < -0.3 is 14.8 Å². The van der Waals surface area contributed by atoms with Crippen LogP contribution in [0.3, 0.4) is 0 Å². The minimum absolute atomic E-state index is 0.252. The van der Waals surface area contributed by atoms with Gasteiger partial charge in [0.1, 0.15) is 17.2 Å². The van der Waals surface area contributed by atoms with Gasteiger partial charge in [-0.25, -0.2) is 0 Å². The molecule has 0 atom stereocenters. The van der Waals surface area contributed by atoms with Crippen LogP contribution in [0.25, 0.3) is 5.57 Å². The van der Waals surface area contributed by atoms with Crippen molar-refractivity contribution in [2.24, 2.45) is 0 Å². The van der Waals surface area contributed by atoms with Gasteiger partial charge >= 0.3 is 0 Å². The average molecular weight is 380 g/mol. The van der Waals surface area contributed by atoms with Gasteiger partial charge in [-0.1, -0.05) is 23.8 Å². The minimum Gasteiger partial charge on any atom is -0.497 e. The molecule has 0 saturated carbocycles. The van der Waals surface area contributed by atoms with E-state index in [1.165, 1.54) is 4.90 Å². The van der Waals surface area contributed by atoms with Gasteiger partial charge in [-0.05, 0) is 44.0 Å². The molecule has 0 unspecified atom stereocenters. The molecule has 0 aromatic heterocycles. The topological polar surface area (TPSA) is 67.9 Å². The number of carbonyl (C=O) groups is 2. The number of amides is 2. The minimum atomic E-state index is -0.347. The highest BCUT2D eigenvalue weighted by molar-refractivity contribution is 6.36. The Morgan fingerprint density at radius 2 is 1.71 bits per heavy atom. The summed E-state index contributed by atoms with van der Waals surface area (Å²) < 4.78 is 10.6. The molecule has 28 heavy (non-hydrogen) atoms. The van der Waals surface area contributed by atoms with Crippen LogP contribution >= 0.6 is 0 Å². The summed E-state index contributed by atoms with van der Waals surface area (Å²) in [5.74, 6) is 0.506. The van der Waals surface area contributed by atoms with E-state index in [0.29, 0.717) is 29.3 Å². The molecule has 1 heterocycles. The lowest BCUT2D eigenvalue weighted by atomic mass is 9.97. The van der Waals surface area contributed by atoms with Crippen LogP contribution in [0.2, 0.25) is 0 Å². The third kappa shape index (κ3) is 3.33. The summed E-state index contributed by atoms with van der Waals surface area (Å²) >= 11 is 0. The summed E-state index contributed by atoms with van der Waals surface area (Å²) in [5.41, 5.74) is 3.99. The van der Waals surface area contributed by atoms with Gasteiger partial charge in [0.2, 0.25) is 0 Å². The monoisotopic (exact) mass is 380 g/mol. The Balaban J connectivity index is 2.14. The number of rotatable bonds is 6. The maximum atomic E-state index is 13.0. The van der Waals surface area contributed by atoms with Gasteiger partial charge in [0.25, 0.3) is 11.8 Å². The summed E-state index contributed by atoms with van der Waals surface area (Å²) in [5, 5.41) is 3.13. The molecule has 1 N–H and O–H groups in total. The van der Waals surface area contributed by atoms with Crippen molar-refractivity contribution in [2.75, 3.05) is 26.1 Å². The summed E-state index contributed by atoms with van der Waals surface area (Å²) in [7, 11) is 3.11. The Bertz CT molecular complexity index is 978. The third-order valence-corrected chi connectivity index (χ3v) is 4.80. The molecule has 0 saturated heterocycles. The molecule has 6 heteroatoms. The number of hydrogen-bond acceptors (Lipinski definition) is 5. The first-order valence-electron chi connectivity index (χ1n) is 9.08. The Morgan fingerprint density at radius 1 is 0.964 bits per heavy atom. The smallest absolute Gasteiger partial charge is 0.278 e. The molecule has 3 rings (SSSR count). The van der Waals surface area contributed by atoms with Crippen molar-refractivity contribution in [2.45, 2.75) is 20.8 Å². The number of imide groups is 1. The van der Waals surface area contributed by atoms with E-state index < -0.39 is 0 Å². The number of carbonyl (C=O) groups excluding carboxylic acids is 2. The number of hydrogen-bond donors (Lipinski definition) is 1. The molecule has 2 amide bonds. The summed E-state index contributed by atoms with van der Waals surface area (Å²) in [6.45, 7) is 6.02. The lowest BCUT2D eigenvalue weighted by Gasteiger charge is -2.14. The maximum Gasteiger partial charge on any atom is 0.278 e. The summed E-state index contributed by atoms with van der Waals surface area (Å²) in [6, 6.07) is 11.1. The number of nitrogens with one attached hydrogen (secondary N) is 1. The van der Waals surface area contributed by atoms with Crippen molar-refractivity contribution in [3.05, 3.63) is 58.8 Å². The van der Waals surface area contributed by atoms with Crippen molar-refractivity contribution in [1.29, 1.82) is 0 Å². The standard InChI is InChI=1S/C22H24N2O4/c1-6-24-21(25)19(16-9-7-13(2)11-14(16)3)20(22(24)26)23-17-10-8-15(27-4)12-18(17)28-5/h7-12,23H,6H2,1-5H3. The predicted molar refractivity (Wildman–Crippen MR) is 108 cm³/mol. The Hall–Kier alpha value is -3.28. The predicted octanol–water partition coefficient (Wildman–Crippen LogP) is 3.53. The van der Waals surface area contributed by atoms with E-state index in [0.717, 1.165) is 16.7 Å². The van der Waals surface area contributed by atoms with Crippen molar-refractivity contribution in [3.63, 3.8) is 0 Å². The highest BCUT2D eigenvalue weighted by Gasteiger charge is 2.39. The second kappa shape index (κ2) is 7.76. The van der Waals surface area contributed by atoms with Crippen LogP contribution in [0.1, 0.15) is 23.6 Å². The van der Waals surface area contributed by atoms with Crippen LogP contribution in [0.15, 0.2) is 42.1 Å². The van der Waals surface area contributed by atoms with E-state index in [1.54, 1.807) is 39.3 Å². The van der Waals surface area contributed by atoms with Gasteiger partial charge in [-0.15, -0.1) is 0 Å². The maximum absolute atomic E-state index is 13.0. The lowest BCUT2D eigenvalue weighted by Crippen LogP contribution is -2.32. The summed E-state index contributed by atoms with van der Waals surface area (Å²) in [4.78, 5) is 27.2. The fraction of sp³-hybridized carbons (Fsp3) is 0.273. The molecular weight excluding hydrogens is 356 g/mol. The zero-order valence-corrected chi connectivity index (χ0v) is 16.8. The first-order valence-corrected chi connectivity index (χ1v) is 9.08. The molecule has 1 aliphatic rings. The Labute approximate surface area is 164 Å². The molecular formula is C22H24N2O4. The zero-order chi connectivity index (χ0) is 20.4.